The summed E-state index contributed by atoms with van der Waals surface area (Å²) in [6, 6.07) is 14.2. The molecular formula is C19H20BrNO5S. The number of sulfonamides is 1. The van der Waals surface area contributed by atoms with E-state index in [-0.39, 0.29) is 17.1 Å². The number of benzene rings is 2. The summed E-state index contributed by atoms with van der Waals surface area (Å²) in [4.78, 5) is 12.4. The number of ether oxygens (including phenoxy) is 2. The van der Waals surface area contributed by atoms with Crippen molar-refractivity contribution in [3.05, 3.63) is 64.1 Å². The summed E-state index contributed by atoms with van der Waals surface area (Å²) in [6.45, 7) is 1.53. The number of carbonyl (C=O) groups is 1. The minimum absolute atomic E-state index is 0.0573. The molecule has 1 aliphatic heterocycles. The zero-order chi connectivity index (χ0) is 19.3. The largest absolute Gasteiger partial charge is 0.462 e. The third-order valence-corrected chi connectivity index (χ3v) is 7.11. The Hall–Kier alpha value is -1.74. The summed E-state index contributed by atoms with van der Waals surface area (Å²) in [6.07, 6.45) is 0.599. The van der Waals surface area contributed by atoms with E-state index in [1.807, 2.05) is 30.3 Å². The van der Waals surface area contributed by atoms with Gasteiger partial charge in [0, 0.05) is 24.0 Å². The first-order valence-electron chi connectivity index (χ1n) is 8.57. The third-order valence-electron chi connectivity index (χ3n) is 4.22. The smallest absolute Gasteiger partial charge is 0.338 e. The first-order chi connectivity index (χ1) is 13.0. The van der Waals surface area contributed by atoms with Crippen molar-refractivity contribution in [2.45, 2.75) is 11.3 Å². The van der Waals surface area contributed by atoms with Crippen molar-refractivity contribution in [2.24, 2.45) is 0 Å². The Bertz CT molecular complexity index is 896. The van der Waals surface area contributed by atoms with E-state index in [1.54, 1.807) is 12.1 Å². The predicted octanol–water partition coefficient (Wildman–Crippen LogP) is 2.87. The molecule has 3 rings (SSSR count). The first-order valence-corrected chi connectivity index (χ1v) is 10.8. The highest BCUT2D eigenvalue weighted by Crippen LogP contribution is 2.27. The summed E-state index contributed by atoms with van der Waals surface area (Å²) < 4.78 is 38.0. The Morgan fingerprint density at radius 3 is 2.52 bits per heavy atom. The van der Waals surface area contributed by atoms with E-state index in [1.165, 1.54) is 10.4 Å². The quantitative estimate of drug-likeness (QED) is 0.628. The van der Waals surface area contributed by atoms with Gasteiger partial charge in [0.25, 0.3) is 0 Å². The summed E-state index contributed by atoms with van der Waals surface area (Å²) in [5.41, 5.74) is 1.27. The molecule has 0 spiro atoms. The lowest BCUT2D eigenvalue weighted by molar-refractivity contribution is 0.0509. The van der Waals surface area contributed by atoms with Crippen molar-refractivity contribution < 1.29 is 22.7 Å². The highest BCUT2D eigenvalue weighted by molar-refractivity contribution is 9.10. The monoisotopic (exact) mass is 453 g/mol. The topological polar surface area (TPSA) is 72.9 Å². The molecule has 144 valence electrons. The molecule has 0 radical (unpaired) electrons. The molecule has 2 aromatic carbocycles. The van der Waals surface area contributed by atoms with Crippen LogP contribution in [0.4, 0.5) is 0 Å². The SMILES string of the molecule is O=C(OCCc1ccccc1)c1ccc(Br)c(S(=O)(=O)N2CCOCC2)c1. The third kappa shape index (κ3) is 4.95. The Morgan fingerprint density at radius 2 is 1.81 bits per heavy atom. The van der Waals surface area contributed by atoms with E-state index in [0.29, 0.717) is 37.2 Å². The van der Waals surface area contributed by atoms with E-state index in [2.05, 4.69) is 15.9 Å². The molecule has 0 bridgehead atoms. The number of esters is 1. The van der Waals surface area contributed by atoms with Crippen LogP contribution < -0.4 is 0 Å². The van der Waals surface area contributed by atoms with Gasteiger partial charge in [-0.3, -0.25) is 0 Å². The lowest BCUT2D eigenvalue weighted by Crippen LogP contribution is -2.40. The van der Waals surface area contributed by atoms with Crippen molar-refractivity contribution in [3.8, 4) is 0 Å². The molecule has 0 aromatic heterocycles. The van der Waals surface area contributed by atoms with Crippen molar-refractivity contribution >= 4 is 31.9 Å². The van der Waals surface area contributed by atoms with E-state index >= 15 is 0 Å². The molecular weight excluding hydrogens is 434 g/mol. The van der Waals surface area contributed by atoms with Gasteiger partial charge in [0.1, 0.15) is 0 Å². The van der Waals surface area contributed by atoms with Gasteiger partial charge in [-0.2, -0.15) is 4.31 Å². The molecule has 2 aromatic rings. The normalized spacial score (nSPS) is 15.4. The van der Waals surface area contributed by atoms with Gasteiger partial charge < -0.3 is 9.47 Å². The number of halogens is 1. The Balaban J connectivity index is 1.71. The fourth-order valence-corrected chi connectivity index (χ4v) is 5.10. The maximum Gasteiger partial charge on any atom is 0.338 e. The van der Waals surface area contributed by atoms with Gasteiger partial charge in [0.15, 0.2) is 0 Å². The minimum Gasteiger partial charge on any atom is -0.462 e. The summed E-state index contributed by atoms with van der Waals surface area (Å²) in [7, 11) is -3.71. The number of hydrogen-bond acceptors (Lipinski definition) is 5. The molecule has 0 unspecified atom stereocenters. The first kappa shape index (κ1) is 20.0. The van der Waals surface area contributed by atoms with Crippen LogP contribution in [0, 0.1) is 0 Å². The number of hydrogen-bond donors (Lipinski definition) is 0. The van der Waals surface area contributed by atoms with Crippen LogP contribution in [0.25, 0.3) is 0 Å². The van der Waals surface area contributed by atoms with Crippen LogP contribution in [0.15, 0.2) is 57.9 Å². The zero-order valence-corrected chi connectivity index (χ0v) is 17.0. The molecule has 0 saturated carbocycles. The van der Waals surface area contributed by atoms with E-state index in [9.17, 15) is 13.2 Å². The minimum atomic E-state index is -3.71. The molecule has 1 aliphatic rings. The molecule has 0 atom stereocenters. The van der Waals surface area contributed by atoms with Crippen LogP contribution in [-0.4, -0.2) is 51.6 Å². The molecule has 1 fully saturated rings. The van der Waals surface area contributed by atoms with Crippen molar-refractivity contribution in [3.63, 3.8) is 0 Å². The zero-order valence-electron chi connectivity index (χ0n) is 14.6. The maximum atomic E-state index is 12.9. The second kappa shape index (κ2) is 8.97. The molecule has 1 heterocycles. The lowest BCUT2D eigenvalue weighted by atomic mass is 10.2. The number of carbonyl (C=O) groups excluding carboxylic acids is 1. The summed E-state index contributed by atoms with van der Waals surface area (Å²) in [5, 5.41) is 0. The van der Waals surface area contributed by atoms with Crippen LogP contribution >= 0.6 is 15.9 Å². The number of morpholine rings is 1. The standard InChI is InChI=1S/C19H20BrNO5S/c20-17-7-6-16(19(22)26-11-8-15-4-2-1-3-5-15)14-18(17)27(23,24)21-9-12-25-13-10-21/h1-7,14H,8-13H2. The van der Waals surface area contributed by atoms with E-state index < -0.39 is 16.0 Å². The maximum absolute atomic E-state index is 12.9. The van der Waals surface area contributed by atoms with Gasteiger partial charge >= 0.3 is 5.97 Å². The van der Waals surface area contributed by atoms with Crippen LogP contribution in [0.5, 0.6) is 0 Å². The average molecular weight is 454 g/mol. The molecule has 6 nitrogen and oxygen atoms in total. The molecule has 8 heteroatoms. The van der Waals surface area contributed by atoms with Crippen LogP contribution in [0.1, 0.15) is 15.9 Å². The van der Waals surface area contributed by atoms with Crippen LogP contribution in [0.2, 0.25) is 0 Å². The van der Waals surface area contributed by atoms with Crippen molar-refractivity contribution in [2.75, 3.05) is 32.9 Å². The van der Waals surface area contributed by atoms with E-state index in [0.717, 1.165) is 5.56 Å². The summed E-state index contributed by atoms with van der Waals surface area (Å²) in [5.74, 6) is -0.545. The molecule has 0 amide bonds. The highest BCUT2D eigenvalue weighted by atomic mass is 79.9. The van der Waals surface area contributed by atoms with Gasteiger partial charge in [-0.05, 0) is 39.7 Å². The highest BCUT2D eigenvalue weighted by Gasteiger charge is 2.29. The van der Waals surface area contributed by atoms with Crippen molar-refractivity contribution in [1.82, 2.24) is 4.31 Å². The van der Waals surface area contributed by atoms with E-state index in [4.69, 9.17) is 9.47 Å². The molecule has 0 aliphatic carbocycles. The van der Waals surface area contributed by atoms with Gasteiger partial charge in [-0.15, -0.1) is 0 Å². The second-order valence-electron chi connectivity index (χ2n) is 6.03. The van der Waals surface area contributed by atoms with Gasteiger partial charge in [-0.25, -0.2) is 13.2 Å². The fraction of sp³-hybridized carbons (Fsp3) is 0.316. The average Bonchev–Trinajstić information content (AvgIpc) is 2.69. The molecule has 27 heavy (non-hydrogen) atoms. The molecule has 0 N–H and O–H groups in total. The van der Waals surface area contributed by atoms with Crippen LogP contribution in [-0.2, 0) is 25.9 Å². The Morgan fingerprint density at radius 1 is 1.11 bits per heavy atom. The van der Waals surface area contributed by atoms with Crippen molar-refractivity contribution in [1.29, 1.82) is 0 Å². The Labute approximate surface area is 167 Å². The fourth-order valence-electron chi connectivity index (χ4n) is 2.74. The number of nitrogens with zero attached hydrogens (tertiary/aromatic N) is 1. The van der Waals surface area contributed by atoms with Gasteiger partial charge in [-0.1, -0.05) is 30.3 Å². The van der Waals surface area contributed by atoms with Gasteiger partial charge in [0.05, 0.1) is 30.3 Å². The summed E-state index contributed by atoms with van der Waals surface area (Å²) >= 11 is 3.28. The second-order valence-corrected chi connectivity index (χ2v) is 8.79. The number of rotatable bonds is 6. The predicted molar refractivity (Wildman–Crippen MR) is 104 cm³/mol. The Kier molecular flexibility index (Phi) is 6.64. The van der Waals surface area contributed by atoms with Gasteiger partial charge in [0.2, 0.25) is 10.0 Å². The van der Waals surface area contributed by atoms with Crippen LogP contribution in [0.3, 0.4) is 0 Å². The lowest BCUT2D eigenvalue weighted by Gasteiger charge is -2.26. The molecule has 1 saturated heterocycles.